The molecule has 4 heteroatoms. The summed E-state index contributed by atoms with van der Waals surface area (Å²) in [7, 11) is 0. The van der Waals surface area contributed by atoms with Crippen molar-refractivity contribution in [3.05, 3.63) is 32.6 Å². The second-order valence-corrected chi connectivity index (χ2v) is 5.06. The summed E-state index contributed by atoms with van der Waals surface area (Å²) in [5.74, 6) is -1.16. The Morgan fingerprint density at radius 3 is 2.07 bits per heavy atom. The van der Waals surface area contributed by atoms with Crippen LogP contribution in [0.4, 0.5) is 0 Å². The molecule has 0 spiro atoms. The molecule has 0 amide bonds. The van der Waals surface area contributed by atoms with Crippen molar-refractivity contribution in [3.8, 4) is 11.1 Å². The van der Waals surface area contributed by atoms with Gasteiger partial charge in [-0.1, -0.05) is 0 Å². The summed E-state index contributed by atoms with van der Waals surface area (Å²) < 4.78 is 0. The molecule has 0 unspecified atom stereocenters. The maximum absolute atomic E-state index is 11.1. The molecule has 1 N–H and O–H groups in total. The molecule has 0 aliphatic heterocycles. The van der Waals surface area contributed by atoms with Gasteiger partial charge in [-0.25, -0.2) is 0 Å². The molecule has 3 rings (SSSR count). The van der Waals surface area contributed by atoms with Crippen LogP contribution in [-0.2, 0) is 4.79 Å². The SMILES string of the molecule is O=C(O)C1c2sccc2-c2ccsc21. The van der Waals surface area contributed by atoms with E-state index in [2.05, 4.69) is 0 Å². The fourth-order valence-electron chi connectivity index (χ4n) is 1.88. The van der Waals surface area contributed by atoms with Gasteiger partial charge in [0.05, 0.1) is 0 Å². The van der Waals surface area contributed by atoms with E-state index in [1.807, 2.05) is 22.9 Å². The molecular formula is C10H6O2S2. The predicted molar refractivity (Wildman–Crippen MR) is 57.1 cm³/mol. The second kappa shape index (κ2) is 2.68. The van der Waals surface area contributed by atoms with Gasteiger partial charge in [0.15, 0.2) is 0 Å². The Morgan fingerprint density at radius 2 is 1.64 bits per heavy atom. The number of carbonyl (C=O) groups is 1. The van der Waals surface area contributed by atoms with Gasteiger partial charge in [-0.15, -0.1) is 22.7 Å². The largest absolute Gasteiger partial charge is 0.480 e. The monoisotopic (exact) mass is 222 g/mol. The molecule has 70 valence electrons. The first-order valence-electron chi connectivity index (χ1n) is 4.17. The molecule has 0 radical (unpaired) electrons. The molecule has 14 heavy (non-hydrogen) atoms. The van der Waals surface area contributed by atoms with Gasteiger partial charge in [-0.05, 0) is 34.0 Å². The van der Waals surface area contributed by atoms with Gasteiger partial charge < -0.3 is 5.11 Å². The minimum atomic E-state index is -0.741. The van der Waals surface area contributed by atoms with Gasteiger partial charge in [0.2, 0.25) is 0 Å². The highest BCUT2D eigenvalue weighted by Crippen LogP contribution is 2.49. The summed E-state index contributed by atoms with van der Waals surface area (Å²) in [5, 5.41) is 13.1. The summed E-state index contributed by atoms with van der Waals surface area (Å²) in [5.41, 5.74) is 2.22. The second-order valence-electron chi connectivity index (χ2n) is 3.17. The first-order valence-corrected chi connectivity index (χ1v) is 5.93. The molecule has 0 bridgehead atoms. The van der Waals surface area contributed by atoms with E-state index in [1.165, 1.54) is 22.7 Å². The molecule has 2 aromatic rings. The number of thiophene rings is 2. The lowest BCUT2D eigenvalue weighted by Gasteiger charge is -2.02. The molecule has 0 atom stereocenters. The van der Waals surface area contributed by atoms with Crippen LogP contribution in [0, 0.1) is 0 Å². The van der Waals surface area contributed by atoms with Gasteiger partial charge in [0, 0.05) is 9.75 Å². The Balaban J connectivity index is 2.32. The van der Waals surface area contributed by atoms with Gasteiger partial charge in [-0.3, -0.25) is 4.79 Å². The standard InChI is InChI=1S/C10H6O2S2/c11-10(12)7-8-5(1-3-13-8)6-2-4-14-9(6)7/h1-4,7H,(H,11,12). The van der Waals surface area contributed by atoms with E-state index < -0.39 is 11.9 Å². The lowest BCUT2D eigenvalue weighted by atomic mass is 10.1. The van der Waals surface area contributed by atoms with Crippen molar-refractivity contribution < 1.29 is 9.90 Å². The molecule has 2 heterocycles. The fourth-order valence-corrected chi connectivity index (χ4v) is 3.97. The van der Waals surface area contributed by atoms with Crippen molar-refractivity contribution in [2.24, 2.45) is 0 Å². The third kappa shape index (κ3) is 0.871. The van der Waals surface area contributed by atoms with Crippen LogP contribution in [0.5, 0.6) is 0 Å². The third-order valence-corrected chi connectivity index (χ3v) is 4.42. The normalized spacial score (nSPS) is 14.0. The summed E-state index contributed by atoms with van der Waals surface area (Å²) >= 11 is 3.07. The molecular weight excluding hydrogens is 216 g/mol. The quantitative estimate of drug-likeness (QED) is 0.805. The molecule has 0 fully saturated rings. The maximum Gasteiger partial charge on any atom is 0.317 e. The number of rotatable bonds is 1. The van der Waals surface area contributed by atoms with Crippen molar-refractivity contribution in [3.63, 3.8) is 0 Å². The van der Waals surface area contributed by atoms with Crippen LogP contribution in [0.15, 0.2) is 22.9 Å². The van der Waals surface area contributed by atoms with Crippen molar-refractivity contribution in [2.45, 2.75) is 5.92 Å². The molecule has 0 saturated heterocycles. The highest BCUT2D eigenvalue weighted by atomic mass is 32.1. The van der Waals surface area contributed by atoms with E-state index in [4.69, 9.17) is 5.11 Å². The van der Waals surface area contributed by atoms with Crippen LogP contribution in [0.1, 0.15) is 15.7 Å². The average molecular weight is 222 g/mol. The van der Waals surface area contributed by atoms with Gasteiger partial charge >= 0.3 is 5.97 Å². The smallest absolute Gasteiger partial charge is 0.317 e. The van der Waals surface area contributed by atoms with Crippen molar-refractivity contribution in [2.75, 3.05) is 0 Å². The average Bonchev–Trinajstić information content (AvgIpc) is 2.70. The summed E-state index contributed by atoms with van der Waals surface area (Å²) in [4.78, 5) is 13.1. The lowest BCUT2D eigenvalue weighted by molar-refractivity contribution is -0.137. The molecule has 0 saturated carbocycles. The summed E-state index contributed by atoms with van der Waals surface area (Å²) in [6.45, 7) is 0. The predicted octanol–water partition coefficient (Wildman–Crippen LogP) is 3.01. The number of carboxylic acids is 1. The van der Waals surface area contributed by atoms with Crippen LogP contribution in [0.2, 0.25) is 0 Å². The molecule has 2 aromatic heterocycles. The zero-order chi connectivity index (χ0) is 9.71. The Hall–Kier alpha value is -1.13. The van der Waals surface area contributed by atoms with E-state index in [0.29, 0.717) is 0 Å². The van der Waals surface area contributed by atoms with Crippen LogP contribution in [-0.4, -0.2) is 11.1 Å². The van der Waals surface area contributed by atoms with Crippen molar-refractivity contribution in [1.29, 1.82) is 0 Å². The highest BCUT2D eigenvalue weighted by Gasteiger charge is 2.35. The number of aliphatic carboxylic acids is 1. The number of carboxylic acid groups (broad SMARTS) is 1. The van der Waals surface area contributed by atoms with Crippen LogP contribution >= 0.6 is 22.7 Å². The van der Waals surface area contributed by atoms with Gasteiger partial charge in [0.1, 0.15) is 5.92 Å². The van der Waals surface area contributed by atoms with Crippen LogP contribution in [0.25, 0.3) is 11.1 Å². The maximum atomic E-state index is 11.1. The van der Waals surface area contributed by atoms with Gasteiger partial charge in [0.25, 0.3) is 0 Å². The highest BCUT2D eigenvalue weighted by molar-refractivity contribution is 7.13. The molecule has 1 aliphatic carbocycles. The molecule has 0 aromatic carbocycles. The third-order valence-electron chi connectivity index (χ3n) is 2.45. The molecule has 2 nitrogen and oxygen atoms in total. The minimum absolute atomic E-state index is 0.417. The number of hydrogen-bond acceptors (Lipinski definition) is 3. The first-order chi connectivity index (χ1) is 6.79. The minimum Gasteiger partial charge on any atom is -0.480 e. The Morgan fingerprint density at radius 1 is 1.14 bits per heavy atom. The topological polar surface area (TPSA) is 37.3 Å². The zero-order valence-corrected chi connectivity index (χ0v) is 8.69. The Bertz CT molecular complexity index is 469. The summed E-state index contributed by atoms with van der Waals surface area (Å²) in [6.07, 6.45) is 0. The van der Waals surface area contributed by atoms with Crippen molar-refractivity contribution >= 4 is 28.6 Å². The van der Waals surface area contributed by atoms with Crippen LogP contribution in [0.3, 0.4) is 0 Å². The summed E-state index contributed by atoms with van der Waals surface area (Å²) in [6, 6.07) is 4.02. The van der Waals surface area contributed by atoms with Crippen LogP contribution < -0.4 is 0 Å². The number of fused-ring (bicyclic) bond motifs is 3. The first kappa shape index (κ1) is 8.20. The lowest BCUT2D eigenvalue weighted by Crippen LogP contribution is -2.07. The molecule has 1 aliphatic rings. The van der Waals surface area contributed by atoms with E-state index in [9.17, 15) is 4.79 Å². The Kier molecular flexibility index (Phi) is 1.57. The zero-order valence-electron chi connectivity index (χ0n) is 7.06. The van der Waals surface area contributed by atoms with Crippen molar-refractivity contribution in [1.82, 2.24) is 0 Å². The van der Waals surface area contributed by atoms with Gasteiger partial charge in [-0.2, -0.15) is 0 Å². The van der Waals surface area contributed by atoms with E-state index in [1.54, 1.807) is 0 Å². The van der Waals surface area contributed by atoms with E-state index in [-0.39, 0.29) is 0 Å². The van der Waals surface area contributed by atoms with E-state index >= 15 is 0 Å². The Labute approximate surface area is 88.4 Å². The number of hydrogen-bond donors (Lipinski definition) is 1. The van der Waals surface area contributed by atoms with E-state index in [0.717, 1.165) is 20.9 Å². The fraction of sp³-hybridized carbons (Fsp3) is 0.100.